The van der Waals surface area contributed by atoms with Crippen molar-refractivity contribution in [2.75, 3.05) is 13.2 Å². The average molecular weight is 350 g/mol. The second-order valence-electron chi connectivity index (χ2n) is 7.78. The Bertz CT molecular complexity index is 714. The molecular weight excluding hydrogens is 319 g/mol. The highest BCUT2D eigenvalue weighted by molar-refractivity contribution is 6.61. The van der Waals surface area contributed by atoms with E-state index in [-0.39, 0.29) is 7.12 Å². The summed E-state index contributed by atoms with van der Waals surface area (Å²) in [6.45, 7) is 10.3. The molecule has 0 amide bonds. The van der Waals surface area contributed by atoms with Crippen molar-refractivity contribution in [3.05, 3.63) is 53.6 Å². The van der Waals surface area contributed by atoms with Gasteiger partial charge in [-0.05, 0) is 46.0 Å². The van der Waals surface area contributed by atoms with Crippen LogP contribution in [0.2, 0.25) is 0 Å². The Morgan fingerprint density at radius 3 is 2.12 bits per heavy atom. The van der Waals surface area contributed by atoms with Crippen LogP contribution >= 0.6 is 0 Å². The largest absolute Gasteiger partial charge is 0.493 e. The summed E-state index contributed by atoms with van der Waals surface area (Å²) in [4.78, 5) is 0. The average Bonchev–Trinajstić information content (AvgIpc) is 3.05. The van der Waals surface area contributed by atoms with Gasteiger partial charge in [0.25, 0.3) is 0 Å². The van der Waals surface area contributed by atoms with E-state index in [2.05, 4.69) is 70.2 Å². The number of benzene rings is 2. The molecule has 2 nitrogen and oxygen atoms in total. The third-order valence-corrected chi connectivity index (χ3v) is 5.55. The highest BCUT2D eigenvalue weighted by Crippen LogP contribution is 2.35. The highest BCUT2D eigenvalue weighted by Gasteiger charge is 2.26. The summed E-state index contributed by atoms with van der Waals surface area (Å²) in [6, 6.07) is 15.4. The van der Waals surface area contributed by atoms with E-state index < -0.39 is 0 Å². The quantitative estimate of drug-likeness (QED) is 0.501. The van der Waals surface area contributed by atoms with E-state index in [0.29, 0.717) is 11.8 Å². The van der Waals surface area contributed by atoms with Gasteiger partial charge in [0.15, 0.2) is 0 Å². The molecule has 0 aliphatic heterocycles. The van der Waals surface area contributed by atoms with Crippen LogP contribution in [-0.2, 0) is 15.7 Å². The second-order valence-corrected chi connectivity index (χ2v) is 7.78. The van der Waals surface area contributed by atoms with Crippen LogP contribution < -0.4 is 5.46 Å². The molecule has 2 atom stereocenters. The SMILES string of the molecule is CCC(C)COB(OCC(C)CC)c1ccc2c(c1)Cc1ccccc1-2. The van der Waals surface area contributed by atoms with Crippen molar-refractivity contribution in [2.24, 2.45) is 11.8 Å². The van der Waals surface area contributed by atoms with Gasteiger partial charge in [0.05, 0.1) is 0 Å². The van der Waals surface area contributed by atoms with Crippen LogP contribution in [0.1, 0.15) is 51.7 Å². The first-order valence-electron chi connectivity index (χ1n) is 10.1. The van der Waals surface area contributed by atoms with Gasteiger partial charge in [0.2, 0.25) is 0 Å². The van der Waals surface area contributed by atoms with Crippen LogP contribution in [0.15, 0.2) is 42.5 Å². The zero-order chi connectivity index (χ0) is 18.5. The van der Waals surface area contributed by atoms with Crippen LogP contribution in [0.25, 0.3) is 11.1 Å². The third kappa shape index (κ3) is 4.39. The first-order valence-corrected chi connectivity index (χ1v) is 10.1. The predicted molar refractivity (Wildman–Crippen MR) is 111 cm³/mol. The van der Waals surface area contributed by atoms with E-state index in [1.165, 1.54) is 22.3 Å². The first-order chi connectivity index (χ1) is 12.6. The van der Waals surface area contributed by atoms with E-state index in [1.807, 2.05) is 0 Å². The van der Waals surface area contributed by atoms with E-state index >= 15 is 0 Å². The fourth-order valence-corrected chi connectivity index (χ4v) is 3.29. The zero-order valence-corrected chi connectivity index (χ0v) is 16.6. The van der Waals surface area contributed by atoms with E-state index in [0.717, 1.165) is 37.9 Å². The Morgan fingerprint density at radius 1 is 0.846 bits per heavy atom. The number of hydrogen-bond donors (Lipinski definition) is 0. The van der Waals surface area contributed by atoms with Crippen molar-refractivity contribution < 1.29 is 9.31 Å². The third-order valence-electron chi connectivity index (χ3n) is 5.55. The Hall–Kier alpha value is -1.58. The van der Waals surface area contributed by atoms with Crippen LogP contribution in [0.4, 0.5) is 0 Å². The molecule has 0 saturated heterocycles. The molecule has 1 aliphatic carbocycles. The molecule has 0 fully saturated rings. The van der Waals surface area contributed by atoms with Gasteiger partial charge < -0.3 is 9.31 Å². The molecule has 2 unspecified atom stereocenters. The topological polar surface area (TPSA) is 18.5 Å². The Kier molecular flexibility index (Phi) is 6.55. The van der Waals surface area contributed by atoms with Gasteiger partial charge in [-0.1, -0.05) is 83.0 Å². The molecule has 26 heavy (non-hydrogen) atoms. The van der Waals surface area contributed by atoms with Crippen molar-refractivity contribution in [1.29, 1.82) is 0 Å². The van der Waals surface area contributed by atoms with Gasteiger partial charge in [-0.25, -0.2) is 0 Å². The molecule has 0 heterocycles. The first kappa shape index (κ1) is 19.2. The van der Waals surface area contributed by atoms with Crippen LogP contribution in [0.3, 0.4) is 0 Å². The molecule has 3 heteroatoms. The number of rotatable bonds is 9. The molecule has 0 N–H and O–H groups in total. The molecule has 0 saturated carbocycles. The molecule has 1 aliphatic rings. The van der Waals surface area contributed by atoms with E-state index in [9.17, 15) is 0 Å². The summed E-state index contributed by atoms with van der Waals surface area (Å²) in [5.41, 5.74) is 6.66. The minimum absolute atomic E-state index is 0.271. The van der Waals surface area contributed by atoms with Gasteiger partial charge >= 0.3 is 7.12 Å². The van der Waals surface area contributed by atoms with Gasteiger partial charge in [0, 0.05) is 13.2 Å². The molecule has 3 rings (SSSR count). The Balaban J connectivity index is 1.78. The summed E-state index contributed by atoms with van der Waals surface area (Å²) < 4.78 is 12.4. The Morgan fingerprint density at radius 2 is 1.46 bits per heavy atom. The lowest BCUT2D eigenvalue weighted by Gasteiger charge is -2.20. The summed E-state index contributed by atoms with van der Waals surface area (Å²) in [6.07, 6.45) is 3.25. The normalized spacial score (nSPS) is 14.6. The van der Waals surface area contributed by atoms with Crippen molar-refractivity contribution >= 4 is 12.6 Å². The summed E-state index contributed by atoms with van der Waals surface area (Å²) in [5, 5.41) is 0. The van der Waals surface area contributed by atoms with E-state index in [1.54, 1.807) is 0 Å². The van der Waals surface area contributed by atoms with Crippen LogP contribution in [0, 0.1) is 11.8 Å². The molecule has 2 aromatic rings. The summed E-state index contributed by atoms with van der Waals surface area (Å²) >= 11 is 0. The minimum atomic E-state index is -0.271. The fourth-order valence-electron chi connectivity index (χ4n) is 3.29. The second kappa shape index (κ2) is 8.88. The monoisotopic (exact) mass is 350 g/mol. The lowest BCUT2D eigenvalue weighted by Crippen LogP contribution is -2.39. The Labute approximate surface area is 159 Å². The molecule has 0 spiro atoms. The smallest absolute Gasteiger partial charge is 0.407 e. The fraction of sp³-hybridized carbons (Fsp3) is 0.478. The van der Waals surface area contributed by atoms with E-state index in [4.69, 9.17) is 9.31 Å². The van der Waals surface area contributed by atoms with Crippen molar-refractivity contribution in [1.82, 2.24) is 0 Å². The van der Waals surface area contributed by atoms with Crippen LogP contribution in [0.5, 0.6) is 0 Å². The molecular formula is C23H31BO2. The maximum atomic E-state index is 6.19. The van der Waals surface area contributed by atoms with Crippen molar-refractivity contribution in [2.45, 2.75) is 47.0 Å². The molecule has 0 aromatic heterocycles. The van der Waals surface area contributed by atoms with Gasteiger partial charge in [0.1, 0.15) is 0 Å². The minimum Gasteiger partial charge on any atom is -0.407 e. The van der Waals surface area contributed by atoms with Gasteiger partial charge in [-0.3, -0.25) is 0 Å². The summed E-state index contributed by atoms with van der Waals surface area (Å²) in [7, 11) is -0.271. The molecule has 138 valence electrons. The molecule has 0 bridgehead atoms. The molecule has 2 aromatic carbocycles. The zero-order valence-electron chi connectivity index (χ0n) is 16.6. The van der Waals surface area contributed by atoms with Crippen molar-refractivity contribution in [3.63, 3.8) is 0 Å². The highest BCUT2D eigenvalue weighted by atomic mass is 16.6. The lowest BCUT2D eigenvalue weighted by molar-refractivity contribution is 0.163. The molecule has 0 radical (unpaired) electrons. The van der Waals surface area contributed by atoms with Crippen molar-refractivity contribution in [3.8, 4) is 11.1 Å². The van der Waals surface area contributed by atoms with Gasteiger partial charge in [-0.2, -0.15) is 0 Å². The van der Waals surface area contributed by atoms with Crippen LogP contribution in [-0.4, -0.2) is 20.3 Å². The standard InChI is InChI=1S/C23H31BO2/c1-5-17(3)15-25-24(26-16-18(4)6-2)21-11-12-23-20(14-21)13-19-9-7-8-10-22(19)23/h7-12,14,17-18H,5-6,13,15-16H2,1-4H3. The lowest BCUT2D eigenvalue weighted by atomic mass is 9.77. The number of hydrogen-bond acceptors (Lipinski definition) is 2. The van der Waals surface area contributed by atoms with Gasteiger partial charge in [-0.15, -0.1) is 0 Å². The summed E-state index contributed by atoms with van der Waals surface area (Å²) in [5.74, 6) is 1.09. The number of fused-ring (bicyclic) bond motifs is 3. The maximum absolute atomic E-state index is 6.19. The predicted octanol–water partition coefficient (Wildman–Crippen LogP) is 5.08. The maximum Gasteiger partial charge on any atom is 0.493 e.